The van der Waals surface area contributed by atoms with Crippen molar-refractivity contribution in [3.63, 3.8) is 0 Å². The Hall–Kier alpha value is -2.08. The second kappa shape index (κ2) is 10.3. The molecule has 0 atom stereocenters. The molecule has 0 aromatic heterocycles. The van der Waals surface area contributed by atoms with Crippen molar-refractivity contribution >= 4 is 29.4 Å². The van der Waals surface area contributed by atoms with Gasteiger partial charge in [0.25, 0.3) is 5.91 Å². The van der Waals surface area contributed by atoms with Crippen LogP contribution in [-0.2, 0) is 29.3 Å². The molecule has 1 aliphatic rings. The van der Waals surface area contributed by atoms with Crippen molar-refractivity contribution in [3.05, 3.63) is 34.9 Å². The van der Waals surface area contributed by atoms with Crippen LogP contribution in [0.1, 0.15) is 51.0 Å². The van der Waals surface area contributed by atoms with Gasteiger partial charge >= 0.3 is 11.9 Å². The van der Waals surface area contributed by atoms with E-state index >= 15 is 0 Å². The van der Waals surface area contributed by atoms with E-state index in [1.165, 1.54) is 0 Å². The first-order valence-corrected chi connectivity index (χ1v) is 9.71. The molecular weight excluding hydrogens is 370 g/mol. The van der Waals surface area contributed by atoms with E-state index in [2.05, 4.69) is 5.32 Å². The Bertz CT molecular complexity index is 653. The van der Waals surface area contributed by atoms with Crippen LogP contribution in [0.4, 0.5) is 0 Å². The molecule has 1 aromatic rings. The van der Waals surface area contributed by atoms with Crippen LogP contribution in [0.5, 0.6) is 0 Å². The lowest BCUT2D eigenvalue weighted by molar-refractivity contribution is -0.154. The average molecular weight is 396 g/mol. The van der Waals surface area contributed by atoms with Gasteiger partial charge in [0.1, 0.15) is 0 Å². The monoisotopic (exact) mass is 395 g/mol. The smallest absolute Gasteiger partial charge is 0.317 e. The normalized spacial score (nSPS) is 15.2. The van der Waals surface area contributed by atoms with E-state index in [4.69, 9.17) is 21.1 Å². The van der Waals surface area contributed by atoms with Gasteiger partial charge in [-0.15, -0.1) is 0 Å². The van der Waals surface area contributed by atoms with Gasteiger partial charge < -0.3 is 14.8 Å². The predicted octanol–water partition coefficient (Wildman–Crippen LogP) is 3.15. The molecule has 0 radical (unpaired) electrons. The molecule has 7 heteroatoms. The summed E-state index contributed by atoms with van der Waals surface area (Å²) in [5.74, 6) is -1.04. The molecular formula is C20H26ClNO5. The second-order valence-electron chi connectivity index (χ2n) is 6.63. The molecule has 2 rings (SSSR count). The average Bonchev–Trinajstić information content (AvgIpc) is 3.15. The minimum absolute atomic E-state index is 0.244. The second-order valence-corrected chi connectivity index (χ2v) is 7.07. The fraction of sp³-hybridized carbons (Fsp3) is 0.550. The highest BCUT2D eigenvalue weighted by atomic mass is 35.5. The van der Waals surface area contributed by atoms with E-state index in [9.17, 15) is 14.4 Å². The molecule has 1 fully saturated rings. The summed E-state index contributed by atoms with van der Waals surface area (Å²) in [6.45, 7) is 2.09. The zero-order valence-electron chi connectivity index (χ0n) is 15.6. The van der Waals surface area contributed by atoms with Crippen LogP contribution in [-0.4, -0.2) is 37.6 Å². The number of halogens is 1. The third-order valence-corrected chi connectivity index (χ3v) is 5.02. The van der Waals surface area contributed by atoms with E-state index < -0.39 is 5.41 Å². The molecule has 0 heterocycles. The Morgan fingerprint density at radius 3 is 2.41 bits per heavy atom. The fourth-order valence-electron chi connectivity index (χ4n) is 3.37. The molecule has 27 heavy (non-hydrogen) atoms. The lowest BCUT2D eigenvalue weighted by Gasteiger charge is -2.27. The van der Waals surface area contributed by atoms with Crippen LogP contribution in [0.25, 0.3) is 0 Å². The van der Waals surface area contributed by atoms with E-state index in [-0.39, 0.29) is 30.9 Å². The van der Waals surface area contributed by atoms with Crippen molar-refractivity contribution in [1.82, 2.24) is 5.32 Å². The fourth-order valence-corrected chi connectivity index (χ4v) is 3.50. The van der Waals surface area contributed by atoms with Crippen molar-refractivity contribution in [2.24, 2.45) is 0 Å². The van der Waals surface area contributed by atoms with Crippen LogP contribution < -0.4 is 5.32 Å². The molecule has 0 unspecified atom stereocenters. The maximum Gasteiger partial charge on any atom is 0.317 e. The molecule has 0 saturated heterocycles. The van der Waals surface area contributed by atoms with E-state index in [1.807, 2.05) is 12.1 Å². The third-order valence-electron chi connectivity index (χ3n) is 4.76. The van der Waals surface area contributed by atoms with Crippen LogP contribution in [0.15, 0.2) is 24.3 Å². The van der Waals surface area contributed by atoms with Crippen molar-refractivity contribution < 1.29 is 23.9 Å². The summed E-state index contributed by atoms with van der Waals surface area (Å²) in [5.41, 5.74) is 0.179. The first kappa shape index (κ1) is 21.2. The van der Waals surface area contributed by atoms with Crippen molar-refractivity contribution in [3.8, 4) is 0 Å². The van der Waals surface area contributed by atoms with Gasteiger partial charge in [-0.2, -0.15) is 0 Å². The van der Waals surface area contributed by atoms with Gasteiger partial charge in [0.05, 0.1) is 12.0 Å². The number of carbonyl (C=O) groups excluding carboxylic acids is 3. The number of nitrogens with one attached hydrogen (secondary N) is 1. The summed E-state index contributed by atoms with van der Waals surface area (Å²) < 4.78 is 10.1. The van der Waals surface area contributed by atoms with Gasteiger partial charge in [-0.05, 0) is 43.9 Å². The Morgan fingerprint density at radius 1 is 1.11 bits per heavy atom. The van der Waals surface area contributed by atoms with Crippen LogP contribution in [0, 0.1) is 0 Å². The van der Waals surface area contributed by atoms with E-state index in [1.54, 1.807) is 19.1 Å². The molecule has 0 aliphatic heterocycles. The lowest BCUT2D eigenvalue weighted by atomic mass is 9.79. The van der Waals surface area contributed by atoms with Crippen molar-refractivity contribution in [2.45, 2.75) is 50.9 Å². The molecule has 0 bridgehead atoms. The maximum atomic E-state index is 12.8. The number of amides is 1. The summed E-state index contributed by atoms with van der Waals surface area (Å²) >= 11 is 5.95. The minimum atomic E-state index is -0.700. The summed E-state index contributed by atoms with van der Waals surface area (Å²) in [4.78, 5) is 35.9. The zero-order valence-corrected chi connectivity index (χ0v) is 16.3. The SMILES string of the molecule is CCOC(=O)CCCNC(=O)COC(=O)C1(c2ccc(Cl)cc2)CCCC1. The molecule has 1 N–H and O–H groups in total. The van der Waals surface area contributed by atoms with Gasteiger partial charge in [-0.3, -0.25) is 14.4 Å². The number of rotatable bonds is 9. The summed E-state index contributed by atoms with van der Waals surface area (Å²) in [7, 11) is 0. The van der Waals surface area contributed by atoms with Crippen LogP contribution in [0.2, 0.25) is 5.02 Å². The Kier molecular flexibility index (Phi) is 8.10. The minimum Gasteiger partial charge on any atom is -0.466 e. The maximum absolute atomic E-state index is 12.8. The van der Waals surface area contributed by atoms with Crippen LogP contribution in [0.3, 0.4) is 0 Å². The highest BCUT2D eigenvalue weighted by molar-refractivity contribution is 6.30. The number of hydrogen-bond donors (Lipinski definition) is 1. The highest BCUT2D eigenvalue weighted by Crippen LogP contribution is 2.42. The molecule has 0 spiro atoms. The highest BCUT2D eigenvalue weighted by Gasteiger charge is 2.44. The Balaban J connectivity index is 1.81. The summed E-state index contributed by atoms with van der Waals surface area (Å²) in [6.07, 6.45) is 4.01. The van der Waals surface area contributed by atoms with Gasteiger partial charge in [0, 0.05) is 18.0 Å². The number of benzene rings is 1. The van der Waals surface area contributed by atoms with E-state index in [0.717, 1.165) is 18.4 Å². The van der Waals surface area contributed by atoms with Gasteiger partial charge in [-0.25, -0.2) is 0 Å². The van der Waals surface area contributed by atoms with Gasteiger partial charge in [0.15, 0.2) is 6.61 Å². The number of carbonyl (C=O) groups is 3. The van der Waals surface area contributed by atoms with E-state index in [0.29, 0.717) is 37.4 Å². The Labute approximate surface area is 164 Å². The van der Waals surface area contributed by atoms with Crippen molar-refractivity contribution in [1.29, 1.82) is 0 Å². The summed E-state index contributed by atoms with van der Waals surface area (Å²) in [5, 5.41) is 3.26. The van der Waals surface area contributed by atoms with Gasteiger partial charge in [0.2, 0.25) is 0 Å². The molecule has 6 nitrogen and oxygen atoms in total. The largest absolute Gasteiger partial charge is 0.466 e. The molecule has 1 aromatic carbocycles. The summed E-state index contributed by atoms with van der Waals surface area (Å²) in [6, 6.07) is 7.23. The molecule has 1 saturated carbocycles. The number of hydrogen-bond acceptors (Lipinski definition) is 5. The van der Waals surface area contributed by atoms with Crippen molar-refractivity contribution in [2.75, 3.05) is 19.8 Å². The third kappa shape index (κ3) is 5.96. The first-order valence-electron chi connectivity index (χ1n) is 9.33. The molecule has 1 aliphatic carbocycles. The topological polar surface area (TPSA) is 81.7 Å². The zero-order chi connectivity index (χ0) is 19.7. The molecule has 148 valence electrons. The van der Waals surface area contributed by atoms with Gasteiger partial charge in [-0.1, -0.05) is 36.6 Å². The number of esters is 2. The Morgan fingerprint density at radius 2 is 1.78 bits per heavy atom. The lowest BCUT2D eigenvalue weighted by Crippen LogP contribution is -2.38. The van der Waals surface area contributed by atoms with Crippen LogP contribution >= 0.6 is 11.6 Å². The quantitative estimate of drug-likeness (QED) is 0.513. The molecule has 1 amide bonds. The number of ether oxygens (including phenoxy) is 2. The first-order chi connectivity index (χ1) is 13.0. The predicted molar refractivity (Wildman–Crippen MR) is 101 cm³/mol. The standard InChI is InChI=1S/C20H26ClNO5/c1-2-26-18(24)6-5-13-22-17(23)14-27-19(25)20(11-3-4-12-20)15-7-9-16(21)10-8-15/h7-10H,2-6,11-14H2,1H3,(H,22,23).